The van der Waals surface area contributed by atoms with Gasteiger partial charge in [-0.15, -0.1) is 0 Å². The van der Waals surface area contributed by atoms with Gasteiger partial charge in [-0.05, 0) is 58.9 Å². The molecule has 1 atom stereocenters. The first-order valence-corrected chi connectivity index (χ1v) is 12.8. The van der Waals surface area contributed by atoms with Crippen LogP contribution in [0.1, 0.15) is 50.2 Å². The molecule has 2 aromatic carbocycles. The highest BCUT2D eigenvalue weighted by Gasteiger charge is 2.57. The zero-order chi connectivity index (χ0) is 25.4. The van der Waals surface area contributed by atoms with E-state index in [1.165, 1.54) is 0 Å². The molecule has 0 amide bonds. The number of aromatic nitrogens is 2. The van der Waals surface area contributed by atoms with Crippen molar-refractivity contribution in [2.45, 2.75) is 46.6 Å². The number of aryl methyl sites for hydroxylation is 1. The molecule has 186 valence electrons. The van der Waals surface area contributed by atoms with Crippen molar-refractivity contribution >= 4 is 22.6 Å². The van der Waals surface area contributed by atoms with E-state index in [2.05, 4.69) is 61.4 Å². The quantitative estimate of drug-likeness (QED) is 0.294. The Kier molecular flexibility index (Phi) is 6.20. The molecule has 6 heteroatoms. The number of benzene rings is 2. The summed E-state index contributed by atoms with van der Waals surface area (Å²) in [4.78, 5) is 21.2. The van der Waals surface area contributed by atoms with Crippen LogP contribution in [0.15, 0.2) is 60.8 Å². The van der Waals surface area contributed by atoms with E-state index in [9.17, 15) is 4.79 Å². The van der Waals surface area contributed by atoms with Gasteiger partial charge in [0.2, 0.25) is 0 Å². The maximum absolute atomic E-state index is 14.2. The average molecular weight is 484 g/mol. The monoisotopic (exact) mass is 483 g/mol. The van der Waals surface area contributed by atoms with Crippen LogP contribution in [0.25, 0.3) is 10.9 Å². The number of anilines is 1. The van der Waals surface area contributed by atoms with Crippen molar-refractivity contribution in [2.75, 3.05) is 24.6 Å². The van der Waals surface area contributed by atoms with E-state index in [-0.39, 0.29) is 5.97 Å². The maximum Gasteiger partial charge on any atom is 0.333 e. The van der Waals surface area contributed by atoms with Gasteiger partial charge in [0.15, 0.2) is 11.2 Å². The van der Waals surface area contributed by atoms with Crippen molar-refractivity contribution in [2.24, 2.45) is 0 Å². The Balaban J connectivity index is 1.92. The first-order chi connectivity index (χ1) is 17.5. The van der Waals surface area contributed by atoms with Crippen LogP contribution < -0.4 is 14.4 Å². The Morgan fingerprint density at radius 3 is 2.53 bits per heavy atom. The summed E-state index contributed by atoms with van der Waals surface area (Å²) in [6.45, 7) is 13.5. The molecule has 0 fully saturated rings. The molecule has 6 nitrogen and oxygen atoms in total. The van der Waals surface area contributed by atoms with E-state index in [1.54, 1.807) is 12.3 Å². The summed E-state index contributed by atoms with van der Waals surface area (Å²) in [6.07, 6.45) is 1.73. The molecule has 0 saturated heterocycles. The third-order valence-corrected chi connectivity index (χ3v) is 7.35. The number of pyridine rings is 1. The largest absolute Gasteiger partial charge is 0.493 e. The maximum atomic E-state index is 14.2. The summed E-state index contributed by atoms with van der Waals surface area (Å²) in [6, 6.07) is 18.0. The van der Waals surface area contributed by atoms with Crippen LogP contribution in [0.3, 0.4) is 0 Å². The molecule has 36 heavy (non-hydrogen) atoms. The first-order valence-electron chi connectivity index (χ1n) is 12.8. The van der Waals surface area contributed by atoms with Crippen molar-refractivity contribution in [1.82, 2.24) is 9.55 Å². The molecule has 1 aliphatic rings. The zero-order valence-electron chi connectivity index (χ0n) is 21.7. The molecule has 2 aromatic heterocycles. The van der Waals surface area contributed by atoms with Gasteiger partial charge in [-0.1, -0.05) is 24.3 Å². The van der Waals surface area contributed by atoms with E-state index in [4.69, 9.17) is 14.5 Å². The summed E-state index contributed by atoms with van der Waals surface area (Å²) >= 11 is 0. The van der Waals surface area contributed by atoms with Gasteiger partial charge in [0.25, 0.3) is 0 Å². The van der Waals surface area contributed by atoms with Crippen LogP contribution in [0.4, 0.5) is 5.69 Å². The minimum absolute atomic E-state index is 0.352. The molecule has 4 aromatic rings. The smallest absolute Gasteiger partial charge is 0.333 e. The molecule has 0 N–H and O–H groups in total. The van der Waals surface area contributed by atoms with Gasteiger partial charge in [0.1, 0.15) is 11.4 Å². The molecule has 0 spiro atoms. The van der Waals surface area contributed by atoms with Crippen LogP contribution >= 0.6 is 0 Å². The normalized spacial score (nSPS) is 16.8. The average Bonchev–Trinajstić information content (AvgIpc) is 3.35. The van der Waals surface area contributed by atoms with Crippen molar-refractivity contribution < 1.29 is 14.3 Å². The second kappa shape index (κ2) is 9.34. The van der Waals surface area contributed by atoms with Crippen molar-refractivity contribution in [3.05, 3.63) is 83.3 Å². The highest BCUT2D eigenvalue weighted by molar-refractivity contribution is 6.04. The summed E-state index contributed by atoms with van der Waals surface area (Å²) < 4.78 is 14.5. The van der Waals surface area contributed by atoms with Crippen LogP contribution in [0, 0.1) is 6.92 Å². The van der Waals surface area contributed by atoms with Gasteiger partial charge in [0.05, 0.1) is 6.61 Å². The fourth-order valence-electron chi connectivity index (χ4n) is 5.81. The van der Waals surface area contributed by atoms with E-state index < -0.39 is 5.41 Å². The number of rotatable bonds is 8. The molecule has 3 heterocycles. The number of hydrogen-bond donors (Lipinski definition) is 0. The van der Waals surface area contributed by atoms with Crippen molar-refractivity contribution in [1.29, 1.82) is 0 Å². The lowest BCUT2D eigenvalue weighted by molar-refractivity contribution is -0.135. The van der Waals surface area contributed by atoms with Crippen LogP contribution in [0.5, 0.6) is 11.5 Å². The molecule has 5 rings (SSSR count). The predicted octanol–water partition coefficient (Wildman–Crippen LogP) is 5.86. The van der Waals surface area contributed by atoms with E-state index in [0.29, 0.717) is 23.8 Å². The van der Waals surface area contributed by atoms with Crippen molar-refractivity contribution in [3.8, 4) is 11.5 Å². The number of hydrogen-bond acceptors (Lipinski definition) is 5. The molecule has 0 saturated carbocycles. The first kappa shape index (κ1) is 23.9. The lowest BCUT2D eigenvalue weighted by Crippen LogP contribution is -2.38. The lowest BCUT2D eigenvalue weighted by atomic mass is 9.71. The Hall–Kier alpha value is -3.80. The number of nitrogens with zero attached hydrogens (tertiary/aromatic N) is 3. The summed E-state index contributed by atoms with van der Waals surface area (Å²) in [5.41, 5.74) is 4.17. The molecular weight excluding hydrogens is 450 g/mol. The highest BCUT2D eigenvalue weighted by Crippen LogP contribution is 2.54. The fourth-order valence-corrected chi connectivity index (χ4v) is 5.81. The zero-order valence-corrected chi connectivity index (χ0v) is 21.7. The summed E-state index contributed by atoms with van der Waals surface area (Å²) in [5, 5.41) is 1.02. The molecule has 0 aliphatic carbocycles. The lowest BCUT2D eigenvalue weighted by Gasteiger charge is -2.30. The standard InChI is InChI=1S/C30H33N3O3/c1-6-32(7-2)21-16-17-23(26(19-21)35-9-4)30(28-25(36-29(30)34)15-12-18-31-28)27-20(5)33(8-3)24-14-11-10-13-22(24)27/h10-19H,6-9H2,1-5H3. The highest BCUT2D eigenvalue weighted by atomic mass is 16.5. The van der Waals surface area contributed by atoms with Crippen LogP contribution in [0.2, 0.25) is 0 Å². The third-order valence-electron chi connectivity index (χ3n) is 7.35. The molecular formula is C30H33N3O3. The van der Waals surface area contributed by atoms with Gasteiger partial charge >= 0.3 is 5.97 Å². The molecule has 0 bridgehead atoms. The number of carbonyl (C=O) groups excluding carboxylic acids is 1. The predicted molar refractivity (Wildman–Crippen MR) is 143 cm³/mol. The van der Waals surface area contributed by atoms with Gasteiger partial charge in [-0.25, -0.2) is 4.79 Å². The number of esters is 1. The summed E-state index contributed by atoms with van der Waals surface area (Å²) in [7, 11) is 0. The second-order valence-electron chi connectivity index (χ2n) is 9.00. The van der Waals surface area contributed by atoms with Gasteiger partial charge in [-0.3, -0.25) is 4.98 Å². The fraction of sp³-hybridized carbons (Fsp3) is 0.333. The molecule has 1 aliphatic heterocycles. The number of ether oxygens (including phenoxy) is 2. The van der Waals surface area contributed by atoms with Gasteiger partial charge in [0, 0.05) is 65.3 Å². The van der Waals surface area contributed by atoms with E-state index >= 15 is 0 Å². The van der Waals surface area contributed by atoms with Crippen LogP contribution in [-0.4, -0.2) is 35.2 Å². The minimum atomic E-state index is -1.26. The van der Waals surface area contributed by atoms with Crippen molar-refractivity contribution in [3.63, 3.8) is 0 Å². The van der Waals surface area contributed by atoms with Crippen LogP contribution in [-0.2, 0) is 16.8 Å². The summed E-state index contributed by atoms with van der Waals surface area (Å²) in [5.74, 6) is 0.811. The second-order valence-corrected chi connectivity index (χ2v) is 9.00. The molecule has 1 unspecified atom stereocenters. The number of para-hydroxylation sites is 1. The van der Waals surface area contributed by atoms with E-state index in [0.717, 1.165) is 53.0 Å². The SMILES string of the molecule is CCOc1cc(N(CC)CC)ccc1C1(c2c(C)n(CC)c3ccccc23)C(=O)Oc2cccnc21. The Labute approximate surface area is 212 Å². The molecule has 0 radical (unpaired) electrons. The third kappa shape index (κ3) is 3.31. The minimum Gasteiger partial charge on any atom is -0.493 e. The van der Waals surface area contributed by atoms with E-state index in [1.807, 2.05) is 31.2 Å². The Bertz CT molecular complexity index is 1440. The number of fused-ring (bicyclic) bond motifs is 2. The Morgan fingerprint density at radius 2 is 1.81 bits per heavy atom. The number of carbonyl (C=O) groups is 1. The topological polar surface area (TPSA) is 56.6 Å². The van der Waals surface area contributed by atoms with Gasteiger partial charge < -0.3 is 18.9 Å². The Morgan fingerprint density at radius 1 is 1.03 bits per heavy atom. The van der Waals surface area contributed by atoms with Gasteiger partial charge in [-0.2, -0.15) is 0 Å².